The molecule has 1 fully saturated rings. The molecule has 1 unspecified atom stereocenters. The van der Waals surface area contributed by atoms with Crippen molar-refractivity contribution in [1.82, 2.24) is 9.80 Å². The van der Waals surface area contributed by atoms with Crippen LogP contribution in [0.3, 0.4) is 0 Å². The number of anilines is 1. The van der Waals surface area contributed by atoms with E-state index in [0.717, 1.165) is 10.5 Å². The van der Waals surface area contributed by atoms with Crippen LogP contribution in [0.25, 0.3) is 0 Å². The van der Waals surface area contributed by atoms with Crippen LogP contribution in [0.5, 0.6) is 0 Å². The van der Waals surface area contributed by atoms with Crippen molar-refractivity contribution in [3.05, 3.63) is 64.1 Å². The van der Waals surface area contributed by atoms with Gasteiger partial charge in [-0.25, -0.2) is 0 Å². The quantitative estimate of drug-likeness (QED) is 0.706. The first-order valence-corrected chi connectivity index (χ1v) is 10.2. The third-order valence-electron chi connectivity index (χ3n) is 5.08. The predicted octanol–water partition coefficient (Wildman–Crippen LogP) is 4.25. The van der Waals surface area contributed by atoms with Crippen molar-refractivity contribution >= 4 is 33.4 Å². The van der Waals surface area contributed by atoms with Crippen molar-refractivity contribution in [3.63, 3.8) is 0 Å². The number of piperazine rings is 1. The molecule has 0 aliphatic carbocycles. The second-order valence-corrected chi connectivity index (χ2v) is 7.96. The number of carbonyl (C=O) groups is 2. The van der Waals surface area contributed by atoms with E-state index in [9.17, 15) is 22.8 Å². The Hall–Kier alpha value is -2.39. The van der Waals surface area contributed by atoms with Gasteiger partial charge in [0, 0.05) is 36.3 Å². The van der Waals surface area contributed by atoms with Crippen LogP contribution < -0.4 is 5.32 Å². The summed E-state index contributed by atoms with van der Waals surface area (Å²) in [7, 11) is 0. The zero-order valence-electron chi connectivity index (χ0n) is 16.2. The van der Waals surface area contributed by atoms with Crippen molar-refractivity contribution in [2.75, 3.05) is 31.5 Å². The van der Waals surface area contributed by atoms with E-state index in [4.69, 9.17) is 0 Å². The lowest BCUT2D eigenvalue weighted by atomic mass is 10.1. The number of carbonyl (C=O) groups excluding carboxylic acids is 2. The lowest BCUT2D eigenvalue weighted by molar-refractivity contribution is -0.138. The fourth-order valence-electron chi connectivity index (χ4n) is 3.38. The number of rotatable bonds is 4. The Morgan fingerprint density at radius 1 is 1.03 bits per heavy atom. The van der Waals surface area contributed by atoms with E-state index in [1.54, 1.807) is 19.1 Å². The number of nitrogens with one attached hydrogen (secondary N) is 1. The largest absolute Gasteiger partial charge is 0.417 e. The number of halogens is 4. The number of benzene rings is 2. The summed E-state index contributed by atoms with van der Waals surface area (Å²) in [5.41, 5.74) is -0.614. The molecule has 0 aromatic heterocycles. The zero-order valence-corrected chi connectivity index (χ0v) is 17.8. The van der Waals surface area contributed by atoms with Gasteiger partial charge in [-0.05, 0) is 37.3 Å². The molecule has 1 saturated heterocycles. The fraction of sp³-hybridized carbons (Fsp3) is 0.333. The van der Waals surface area contributed by atoms with E-state index in [2.05, 4.69) is 21.2 Å². The maximum absolute atomic E-state index is 13.2. The third kappa shape index (κ3) is 5.20. The van der Waals surface area contributed by atoms with Crippen LogP contribution in [0.1, 0.15) is 22.8 Å². The summed E-state index contributed by atoms with van der Waals surface area (Å²) in [4.78, 5) is 28.5. The summed E-state index contributed by atoms with van der Waals surface area (Å²) in [5.74, 6) is -0.830. The molecule has 2 aromatic carbocycles. The molecule has 0 bridgehead atoms. The Labute approximate surface area is 181 Å². The van der Waals surface area contributed by atoms with Gasteiger partial charge in [-0.1, -0.05) is 34.1 Å². The number of nitrogens with zero attached hydrogens (tertiary/aromatic N) is 2. The maximum atomic E-state index is 13.2. The van der Waals surface area contributed by atoms with Crippen LogP contribution in [-0.4, -0.2) is 53.8 Å². The first-order chi connectivity index (χ1) is 14.2. The van der Waals surface area contributed by atoms with Crippen molar-refractivity contribution < 1.29 is 22.8 Å². The molecule has 0 saturated carbocycles. The third-order valence-corrected chi connectivity index (χ3v) is 5.58. The standard InChI is InChI=1S/C21H21BrF3N3O2/c1-14(19(29)26-16-6-4-5-15(22)13-16)27-9-11-28(12-10-27)20(30)17-7-2-3-8-18(17)21(23,24)25/h2-8,13-14H,9-12H2,1H3,(H,26,29). The second-order valence-electron chi connectivity index (χ2n) is 7.05. The maximum Gasteiger partial charge on any atom is 0.417 e. The van der Waals surface area contributed by atoms with E-state index in [1.807, 2.05) is 17.0 Å². The highest BCUT2D eigenvalue weighted by Gasteiger charge is 2.36. The van der Waals surface area contributed by atoms with Gasteiger partial charge in [-0.2, -0.15) is 13.2 Å². The van der Waals surface area contributed by atoms with Gasteiger partial charge in [0.15, 0.2) is 0 Å². The molecular formula is C21H21BrF3N3O2. The Balaban J connectivity index is 1.61. The SMILES string of the molecule is CC(C(=O)Nc1cccc(Br)c1)N1CCN(C(=O)c2ccccc2C(F)(F)F)CC1. The minimum absolute atomic E-state index is 0.185. The average Bonchev–Trinajstić information content (AvgIpc) is 2.72. The molecule has 160 valence electrons. The first-order valence-electron chi connectivity index (χ1n) is 9.43. The minimum Gasteiger partial charge on any atom is -0.336 e. The van der Waals surface area contributed by atoms with Gasteiger partial charge in [0.2, 0.25) is 5.91 Å². The molecule has 1 aliphatic heterocycles. The number of alkyl halides is 3. The van der Waals surface area contributed by atoms with Gasteiger partial charge in [0.25, 0.3) is 5.91 Å². The molecule has 5 nitrogen and oxygen atoms in total. The Morgan fingerprint density at radius 2 is 1.70 bits per heavy atom. The molecule has 0 spiro atoms. The van der Waals surface area contributed by atoms with Crippen molar-refractivity contribution in [1.29, 1.82) is 0 Å². The van der Waals surface area contributed by atoms with Crippen LogP contribution in [0.15, 0.2) is 53.0 Å². The second kappa shape index (κ2) is 9.18. The highest BCUT2D eigenvalue weighted by Crippen LogP contribution is 2.32. The summed E-state index contributed by atoms with van der Waals surface area (Å²) >= 11 is 3.35. The molecule has 9 heteroatoms. The average molecular weight is 484 g/mol. The first kappa shape index (κ1) is 22.3. The summed E-state index contributed by atoms with van der Waals surface area (Å²) in [6, 6.07) is 11.6. The molecular weight excluding hydrogens is 463 g/mol. The molecule has 1 atom stereocenters. The van der Waals surface area contributed by atoms with Crippen LogP contribution in [0.2, 0.25) is 0 Å². The Morgan fingerprint density at radius 3 is 2.33 bits per heavy atom. The molecule has 1 heterocycles. The monoisotopic (exact) mass is 483 g/mol. The van der Waals surface area contributed by atoms with Crippen LogP contribution in [0, 0.1) is 0 Å². The topological polar surface area (TPSA) is 52.7 Å². The van der Waals surface area contributed by atoms with E-state index < -0.39 is 23.7 Å². The van der Waals surface area contributed by atoms with Crippen molar-refractivity contribution in [3.8, 4) is 0 Å². The van der Waals surface area contributed by atoms with E-state index >= 15 is 0 Å². The molecule has 1 N–H and O–H groups in total. The van der Waals surface area contributed by atoms with Crippen molar-refractivity contribution in [2.24, 2.45) is 0 Å². The number of hydrogen-bond acceptors (Lipinski definition) is 3. The van der Waals surface area contributed by atoms with Gasteiger partial charge >= 0.3 is 6.18 Å². The molecule has 3 rings (SSSR count). The normalized spacial score (nSPS) is 16.2. The Kier molecular flexibility index (Phi) is 6.82. The molecule has 30 heavy (non-hydrogen) atoms. The summed E-state index contributed by atoms with van der Waals surface area (Å²) in [6.07, 6.45) is -4.59. The molecule has 0 radical (unpaired) electrons. The van der Waals surface area contributed by atoms with Gasteiger partial charge in [0.05, 0.1) is 17.2 Å². The molecule has 2 aromatic rings. The van der Waals surface area contributed by atoms with E-state index in [0.29, 0.717) is 18.8 Å². The molecule has 1 aliphatic rings. The summed E-state index contributed by atoms with van der Waals surface area (Å²) < 4.78 is 40.5. The summed E-state index contributed by atoms with van der Waals surface area (Å²) in [6.45, 7) is 3.06. The number of hydrogen-bond donors (Lipinski definition) is 1. The predicted molar refractivity (Wildman–Crippen MR) is 111 cm³/mol. The van der Waals surface area contributed by atoms with E-state index in [-0.39, 0.29) is 24.6 Å². The highest BCUT2D eigenvalue weighted by molar-refractivity contribution is 9.10. The lowest BCUT2D eigenvalue weighted by Gasteiger charge is -2.37. The highest BCUT2D eigenvalue weighted by atomic mass is 79.9. The van der Waals surface area contributed by atoms with E-state index in [1.165, 1.54) is 23.1 Å². The van der Waals surface area contributed by atoms with Crippen LogP contribution >= 0.6 is 15.9 Å². The van der Waals surface area contributed by atoms with Gasteiger partial charge < -0.3 is 10.2 Å². The summed E-state index contributed by atoms with van der Waals surface area (Å²) in [5, 5.41) is 2.85. The van der Waals surface area contributed by atoms with Gasteiger partial charge in [-0.15, -0.1) is 0 Å². The van der Waals surface area contributed by atoms with Gasteiger partial charge in [-0.3, -0.25) is 14.5 Å². The Bertz CT molecular complexity index is 928. The smallest absolute Gasteiger partial charge is 0.336 e. The lowest BCUT2D eigenvalue weighted by Crippen LogP contribution is -2.54. The molecule has 2 amide bonds. The van der Waals surface area contributed by atoms with Crippen LogP contribution in [-0.2, 0) is 11.0 Å². The van der Waals surface area contributed by atoms with Crippen molar-refractivity contribution in [2.45, 2.75) is 19.1 Å². The minimum atomic E-state index is -4.59. The zero-order chi connectivity index (χ0) is 21.9. The van der Waals surface area contributed by atoms with Gasteiger partial charge in [0.1, 0.15) is 0 Å². The van der Waals surface area contributed by atoms with Crippen LogP contribution in [0.4, 0.5) is 18.9 Å². The fourth-order valence-corrected chi connectivity index (χ4v) is 3.78. The number of amides is 2.